The summed E-state index contributed by atoms with van der Waals surface area (Å²) in [4.78, 5) is 98.2. The second-order valence-corrected chi connectivity index (χ2v) is 26.1. The molecule has 0 radical (unpaired) electrons. The molecule has 6 unspecified atom stereocenters. The largest absolute Gasteiger partial charge is 0.492 e. The first-order valence-corrected chi connectivity index (χ1v) is 30.1. The van der Waals surface area contributed by atoms with Gasteiger partial charge in [-0.1, -0.05) is 0 Å². The van der Waals surface area contributed by atoms with Crippen LogP contribution in [0, 0.1) is 0 Å². The Hall–Kier alpha value is -3.86. The van der Waals surface area contributed by atoms with Gasteiger partial charge < -0.3 is 24.2 Å². The number of carbonyl (C=O) groups is 4. The van der Waals surface area contributed by atoms with Gasteiger partial charge in [0.2, 0.25) is 0 Å². The Kier molecular flexibility index (Phi) is 26.1. The number of imide groups is 1. The number of hydrogen-bond acceptors (Lipinski definition) is 33. The zero-order chi connectivity index (χ0) is 59.0. The molecule has 3 N–H and O–H groups in total. The van der Waals surface area contributed by atoms with Gasteiger partial charge in [0.25, 0.3) is 22.9 Å². The van der Waals surface area contributed by atoms with E-state index in [1.807, 2.05) is 4.98 Å². The van der Waals surface area contributed by atoms with E-state index in [9.17, 15) is 70.9 Å². The minimum Gasteiger partial charge on any atom is -0.460 e. The highest BCUT2D eigenvalue weighted by atomic mass is 31.3. The average molecular weight is 1250 g/mol. The molecule has 10 atom stereocenters. The molecule has 3 aliphatic heterocycles. The summed E-state index contributed by atoms with van der Waals surface area (Å²) in [5.74, 6) is -2.25. The van der Waals surface area contributed by atoms with E-state index in [0.717, 1.165) is 92.0 Å². The maximum atomic E-state index is 12.9. The van der Waals surface area contributed by atoms with Gasteiger partial charge in [-0.25, -0.2) is 41.8 Å². The number of aromatic amines is 2. The number of rotatable bonds is 26. The quantitative estimate of drug-likeness (QED) is 0.0692. The number of aliphatic hydroxyl groups excluding tert-OH is 1. The molecule has 38 nitrogen and oxygen atoms in total. The number of amides is 2. The highest BCUT2D eigenvalue weighted by Crippen LogP contribution is 2.73. The van der Waals surface area contributed by atoms with Crippen LogP contribution in [-0.2, 0) is 128 Å². The Morgan fingerprint density at radius 2 is 0.910 bits per heavy atom. The maximum Gasteiger partial charge on any atom is 0.492 e. The van der Waals surface area contributed by atoms with Crippen LogP contribution in [0.15, 0.2) is 43.7 Å². The number of hydrogen-bond donors (Lipinski definition) is 3. The zero-order valence-electron chi connectivity index (χ0n) is 42.6. The highest BCUT2D eigenvalue weighted by molar-refractivity contribution is 7.68. The minimum atomic E-state index is -4.89. The molecule has 0 bridgehead atoms. The van der Waals surface area contributed by atoms with Gasteiger partial charge in [-0.3, -0.25) is 88.3 Å². The van der Waals surface area contributed by atoms with E-state index in [0.29, 0.717) is 5.06 Å². The van der Waals surface area contributed by atoms with E-state index in [4.69, 9.17) is 31.9 Å². The molecular formula is C34H55N5O33P6. The molecule has 5 rings (SSSR count). The second kappa shape index (κ2) is 29.7. The van der Waals surface area contributed by atoms with Crippen molar-refractivity contribution in [3.63, 3.8) is 0 Å². The fraction of sp³-hybridized carbons (Fsp3) is 0.647. The van der Waals surface area contributed by atoms with E-state index < -0.39 is 143 Å². The molecular weight excluding hydrogens is 1190 g/mol. The summed E-state index contributed by atoms with van der Waals surface area (Å²) in [5.41, 5.74) is -2.79. The number of carbonyl (C=O) groups excluding carboxylic acids is 4. The summed E-state index contributed by atoms with van der Waals surface area (Å²) >= 11 is 0. The van der Waals surface area contributed by atoms with Crippen LogP contribution in [0.5, 0.6) is 0 Å². The Labute approximate surface area is 439 Å². The van der Waals surface area contributed by atoms with Crippen molar-refractivity contribution in [3.8, 4) is 0 Å². The van der Waals surface area contributed by atoms with Crippen LogP contribution >= 0.6 is 46.9 Å². The Bertz CT molecular complexity index is 2930. The lowest BCUT2D eigenvalue weighted by Gasteiger charge is -2.24. The molecule has 0 aromatic carbocycles. The van der Waals surface area contributed by atoms with Crippen LogP contribution in [0.4, 0.5) is 0 Å². The summed E-state index contributed by atoms with van der Waals surface area (Å²) in [6.07, 6.45) is -3.87. The fourth-order valence-corrected chi connectivity index (χ4v) is 14.9. The van der Waals surface area contributed by atoms with Crippen molar-refractivity contribution in [1.29, 1.82) is 0 Å². The van der Waals surface area contributed by atoms with E-state index in [-0.39, 0.29) is 25.7 Å². The van der Waals surface area contributed by atoms with Gasteiger partial charge in [0.15, 0.2) is 0 Å². The lowest BCUT2D eigenvalue weighted by Crippen LogP contribution is -2.32. The van der Waals surface area contributed by atoms with E-state index in [1.165, 1.54) is 12.4 Å². The van der Waals surface area contributed by atoms with Crippen molar-refractivity contribution >= 4 is 70.7 Å². The third kappa shape index (κ3) is 20.0. The molecule has 3 saturated heterocycles. The first-order chi connectivity index (χ1) is 36.3. The fourth-order valence-electron chi connectivity index (χ4n) is 5.97. The number of phosphoric acid groups is 6. The van der Waals surface area contributed by atoms with E-state index >= 15 is 0 Å². The van der Waals surface area contributed by atoms with Crippen molar-refractivity contribution in [3.05, 3.63) is 66.2 Å². The van der Waals surface area contributed by atoms with Crippen molar-refractivity contribution < 1.29 is 133 Å². The Balaban J connectivity index is 0.000000344. The van der Waals surface area contributed by atoms with Crippen molar-refractivity contribution in [2.45, 2.75) is 76.4 Å². The van der Waals surface area contributed by atoms with Gasteiger partial charge in [-0.2, -0.15) is 17.2 Å². The van der Waals surface area contributed by atoms with Crippen LogP contribution < -0.4 is 22.5 Å². The first-order valence-electron chi connectivity index (χ1n) is 21.4. The van der Waals surface area contributed by atoms with Crippen LogP contribution in [0.25, 0.3) is 0 Å². The molecule has 0 saturated carbocycles. The van der Waals surface area contributed by atoms with Crippen LogP contribution in [-0.4, -0.2) is 148 Å². The summed E-state index contributed by atoms with van der Waals surface area (Å²) in [5, 5.41) is 10.7. The van der Waals surface area contributed by atoms with Gasteiger partial charge >= 0.3 is 70.3 Å². The normalized spacial score (nSPS) is 23.6. The molecule has 0 aliphatic carbocycles. The summed E-state index contributed by atoms with van der Waals surface area (Å²) in [6, 6.07) is 2.18. The van der Waals surface area contributed by atoms with Gasteiger partial charge in [0, 0.05) is 121 Å². The summed E-state index contributed by atoms with van der Waals surface area (Å²) < 4.78 is 159. The number of aromatic nitrogens is 4. The topological polar surface area (TPSA) is 470 Å². The molecule has 2 aromatic heterocycles. The van der Waals surface area contributed by atoms with Gasteiger partial charge in [-0.05, 0) is 0 Å². The highest BCUT2D eigenvalue weighted by Gasteiger charge is 2.49. The monoisotopic (exact) mass is 1250 g/mol. The molecule has 444 valence electrons. The number of nitrogens with one attached hydrogen (secondary N) is 2. The van der Waals surface area contributed by atoms with Crippen LogP contribution in [0.3, 0.4) is 0 Å². The lowest BCUT2D eigenvalue weighted by atomic mass is 10.2. The predicted octanol–water partition coefficient (Wildman–Crippen LogP) is 2.47. The number of ether oxygens (including phenoxy) is 3. The molecule has 3 fully saturated rings. The zero-order valence-corrected chi connectivity index (χ0v) is 47.9. The average Bonchev–Trinajstić information content (AvgIpc) is 4.06. The lowest BCUT2D eigenvalue weighted by molar-refractivity contribution is -0.195. The summed E-state index contributed by atoms with van der Waals surface area (Å²) in [7, 11) is -20.8. The van der Waals surface area contributed by atoms with Crippen molar-refractivity contribution in [2.75, 3.05) is 70.1 Å². The maximum absolute atomic E-state index is 12.9. The van der Waals surface area contributed by atoms with Crippen LogP contribution in [0.1, 0.15) is 52.0 Å². The van der Waals surface area contributed by atoms with E-state index in [1.54, 1.807) is 0 Å². The molecule has 2 aromatic rings. The van der Waals surface area contributed by atoms with Gasteiger partial charge in [0.1, 0.15) is 30.8 Å². The molecule has 5 heterocycles. The molecule has 44 heteroatoms. The van der Waals surface area contributed by atoms with Crippen LogP contribution in [0.2, 0.25) is 0 Å². The van der Waals surface area contributed by atoms with Gasteiger partial charge in [0.05, 0.1) is 19.3 Å². The number of hydroxylamine groups is 2. The standard InChI is InChI=1S/C15H25N2O15P3.C13H23N2O14P3.C6H7NO4/c1-10(18)29-11-8-14(17-7-6-13(19)16-15(17)20)30-12(11)9-28-34(22,26-4)32-35(23,27-5)31-33(21,24-2)25-3;1-22-30(19,23-2)28-32(21,25-4)29-31(20,24-3)26-8-10-9(16)7-12(27-10)15-6-5-11(17)14-13(15)18;1-4(8)11-7-5(9)2-3-6(7)10/h6-7,11-12,14H,8-9H2,1-5H3,(H,16,19,20);5-6,9-10,12,16H,7-8H2,1-4H3,(H,14,17,18);2-3H2,1H3/t11?,12-,14-,34?,35?;9?,10-,12-,31?,32?;/m11./s1. The van der Waals surface area contributed by atoms with E-state index in [2.05, 4.69) is 54.6 Å². The second-order valence-electron chi connectivity index (χ2n) is 14.7. The molecule has 78 heavy (non-hydrogen) atoms. The number of nitrogens with zero attached hydrogens (tertiary/aromatic N) is 3. The molecule has 0 spiro atoms. The smallest absolute Gasteiger partial charge is 0.460 e. The molecule has 3 aliphatic rings. The Morgan fingerprint density at radius 1 is 0.551 bits per heavy atom. The number of aliphatic hydroxyl groups is 1. The number of phosphoric ester groups is 4. The summed E-state index contributed by atoms with van der Waals surface area (Å²) in [6.45, 7) is 1.03. The number of esters is 1. The Morgan fingerprint density at radius 3 is 1.27 bits per heavy atom. The molecule has 2 amide bonds. The first kappa shape index (κ1) is 68.4. The third-order valence-electron chi connectivity index (χ3n) is 9.63. The van der Waals surface area contributed by atoms with Gasteiger partial charge in [-0.15, -0.1) is 5.06 Å². The van der Waals surface area contributed by atoms with Crippen molar-refractivity contribution in [1.82, 2.24) is 24.2 Å². The number of H-pyrrole nitrogens is 2. The predicted molar refractivity (Wildman–Crippen MR) is 252 cm³/mol. The third-order valence-corrected chi connectivity index (χ3v) is 20.5. The SMILES string of the molecule is CC(=O)ON1C(=O)CCC1=O.COP(=O)(OC)OP(=O)(OC)OP(=O)(OC)OC[C@H]1O[C@@H](n2ccc(=O)[nH]c2=O)CC1O.COP(=O)(OC)OP(=O)(OC)OP(=O)(OC)OC[C@H]1O[C@@H](n2ccc(=O)[nH]c2=O)CC1OC(C)=O. The minimum absolute atomic E-state index is 0.0395. The van der Waals surface area contributed by atoms with Crippen molar-refractivity contribution in [2.24, 2.45) is 0 Å².